The first-order valence-corrected chi connectivity index (χ1v) is 5.71. The largest absolute Gasteiger partial charge is 0.481 e. The average molecular weight is 264 g/mol. The van der Waals surface area contributed by atoms with Crippen LogP contribution < -0.4 is 10.1 Å². The molecule has 0 aliphatic rings. The number of ether oxygens (including phenoxy) is 1. The van der Waals surface area contributed by atoms with E-state index in [4.69, 9.17) is 9.26 Å². The van der Waals surface area contributed by atoms with Gasteiger partial charge >= 0.3 is 0 Å². The van der Waals surface area contributed by atoms with Crippen LogP contribution in [0.5, 0.6) is 5.75 Å². The molecule has 1 atom stereocenters. The number of aromatic nitrogens is 1. The molecular formula is C13H13FN2O3. The molecule has 1 aromatic heterocycles. The van der Waals surface area contributed by atoms with Gasteiger partial charge in [0.1, 0.15) is 17.3 Å². The number of nitrogens with zero attached hydrogens (tertiary/aromatic N) is 1. The van der Waals surface area contributed by atoms with Crippen molar-refractivity contribution in [3.63, 3.8) is 0 Å². The fourth-order valence-corrected chi connectivity index (χ4v) is 1.45. The van der Waals surface area contributed by atoms with E-state index >= 15 is 0 Å². The Bertz CT molecular complexity index is 583. The summed E-state index contributed by atoms with van der Waals surface area (Å²) in [4.78, 5) is 11.8. The van der Waals surface area contributed by atoms with Gasteiger partial charge in [0.2, 0.25) is 0 Å². The van der Waals surface area contributed by atoms with Crippen molar-refractivity contribution in [2.75, 3.05) is 5.32 Å². The summed E-state index contributed by atoms with van der Waals surface area (Å²) in [6, 6.07) is 7.19. The quantitative estimate of drug-likeness (QED) is 0.921. The lowest BCUT2D eigenvalue weighted by atomic mass is 10.3. The van der Waals surface area contributed by atoms with Crippen LogP contribution in [0.15, 0.2) is 34.9 Å². The number of halogens is 1. The molecule has 0 saturated carbocycles. The second-order valence-electron chi connectivity index (χ2n) is 4.03. The smallest absolute Gasteiger partial charge is 0.266 e. The first-order chi connectivity index (χ1) is 9.04. The van der Waals surface area contributed by atoms with E-state index in [2.05, 4.69) is 10.5 Å². The monoisotopic (exact) mass is 264 g/mol. The van der Waals surface area contributed by atoms with Crippen molar-refractivity contribution in [1.29, 1.82) is 0 Å². The summed E-state index contributed by atoms with van der Waals surface area (Å²) in [7, 11) is 0. The first-order valence-electron chi connectivity index (χ1n) is 5.71. The highest BCUT2D eigenvalue weighted by molar-refractivity contribution is 5.93. The molecular weight excluding hydrogens is 251 g/mol. The molecule has 5 nitrogen and oxygen atoms in total. The summed E-state index contributed by atoms with van der Waals surface area (Å²) in [5, 5.41) is 6.17. The van der Waals surface area contributed by atoms with Crippen molar-refractivity contribution < 1.29 is 18.4 Å². The molecule has 0 aliphatic carbocycles. The Labute approximate surface area is 109 Å². The van der Waals surface area contributed by atoms with Crippen molar-refractivity contribution >= 4 is 11.7 Å². The van der Waals surface area contributed by atoms with Gasteiger partial charge in [-0.05, 0) is 26.0 Å². The van der Waals surface area contributed by atoms with E-state index in [0.717, 1.165) is 0 Å². The fourth-order valence-electron chi connectivity index (χ4n) is 1.45. The number of rotatable bonds is 4. The van der Waals surface area contributed by atoms with Gasteiger partial charge in [-0.3, -0.25) is 4.79 Å². The Hall–Kier alpha value is -2.37. The van der Waals surface area contributed by atoms with Crippen molar-refractivity contribution in [1.82, 2.24) is 5.16 Å². The molecule has 6 heteroatoms. The summed E-state index contributed by atoms with van der Waals surface area (Å²) in [6.07, 6.45) is -0.779. The van der Waals surface area contributed by atoms with Crippen LogP contribution in [0.2, 0.25) is 0 Å². The molecule has 100 valence electrons. The zero-order valence-corrected chi connectivity index (χ0v) is 10.5. The van der Waals surface area contributed by atoms with Crippen LogP contribution in [-0.4, -0.2) is 17.2 Å². The van der Waals surface area contributed by atoms with E-state index < -0.39 is 17.8 Å². The lowest BCUT2D eigenvalue weighted by Crippen LogP contribution is -2.30. The third kappa shape index (κ3) is 3.54. The van der Waals surface area contributed by atoms with Crippen LogP contribution in [0.4, 0.5) is 10.2 Å². The second-order valence-corrected chi connectivity index (χ2v) is 4.03. The Balaban J connectivity index is 1.96. The van der Waals surface area contributed by atoms with Crippen LogP contribution in [0.3, 0.4) is 0 Å². The number of aryl methyl sites for hydroxylation is 1. The minimum absolute atomic E-state index is 0.291. The second kappa shape index (κ2) is 5.51. The number of hydrogen-bond acceptors (Lipinski definition) is 4. The summed E-state index contributed by atoms with van der Waals surface area (Å²) in [5.41, 5.74) is 0. The normalized spacial score (nSPS) is 11.9. The number of carbonyl (C=O) groups is 1. The van der Waals surface area contributed by atoms with Crippen LogP contribution >= 0.6 is 0 Å². The molecule has 0 spiro atoms. The maximum Gasteiger partial charge on any atom is 0.266 e. The number of anilines is 1. The van der Waals surface area contributed by atoms with Gasteiger partial charge in [0, 0.05) is 12.1 Å². The van der Waals surface area contributed by atoms with Crippen molar-refractivity contribution in [2.45, 2.75) is 20.0 Å². The van der Waals surface area contributed by atoms with Crippen LogP contribution in [0.1, 0.15) is 12.7 Å². The molecule has 0 radical (unpaired) electrons. The molecule has 0 bridgehead atoms. The first kappa shape index (κ1) is 13.1. The number of amides is 1. The van der Waals surface area contributed by atoms with E-state index in [1.807, 2.05) is 0 Å². The molecule has 19 heavy (non-hydrogen) atoms. The standard InChI is InChI=1S/C13H13FN2O3/c1-8-6-12(16-19-8)15-13(17)9(2)18-11-5-3-4-10(14)7-11/h3-7,9H,1-2H3,(H,15,16,17). The topological polar surface area (TPSA) is 64.4 Å². The SMILES string of the molecule is Cc1cc(NC(=O)C(C)Oc2cccc(F)c2)no1. The predicted octanol–water partition coefficient (Wildman–Crippen LogP) is 2.53. The van der Waals surface area contributed by atoms with Gasteiger partial charge in [-0.2, -0.15) is 0 Å². The Morgan fingerprint density at radius 2 is 2.26 bits per heavy atom. The molecule has 1 unspecified atom stereocenters. The molecule has 2 rings (SSSR count). The van der Waals surface area contributed by atoms with Crippen LogP contribution in [0, 0.1) is 12.7 Å². The molecule has 2 aromatic rings. The van der Waals surface area contributed by atoms with Gasteiger partial charge in [0.25, 0.3) is 5.91 Å². The zero-order valence-electron chi connectivity index (χ0n) is 10.5. The van der Waals surface area contributed by atoms with Crippen molar-refractivity contribution in [3.8, 4) is 5.75 Å². The number of benzene rings is 1. The summed E-state index contributed by atoms with van der Waals surface area (Å²) in [5.74, 6) is 0.389. The number of carbonyl (C=O) groups excluding carboxylic acids is 1. The third-order valence-corrected chi connectivity index (χ3v) is 2.36. The van der Waals surface area contributed by atoms with Crippen LogP contribution in [0.25, 0.3) is 0 Å². The van der Waals surface area contributed by atoms with Crippen molar-refractivity contribution in [2.24, 2.45) is 0 Å². The lowest BCUT2D eigenvalue weighted by molar-refractivity contribution is -0.122. The van der Waals surface area contributed by atoms with Crippen LogP contribution in [-0.2, 0) is 4.79 Å². The number of nitrogens with one attached hydrogen (secondary N) is 1. The van der Waals surface area contributed by atoms with Gasteiger partial charge in [-0.1, -0.05) is 11.2 Å². The minimum atomic E-state index is -0.779. The summed E-state index contributed by atoms with van der Waals surface area (Å²) >= 11 is 0. The fraction of sp³-hybridized carbons (Fsp3) is 0.231. The molecule has 0 aliphatic heterocycles. The van der Waals surface area contributed by atoms with E-state index in [1.165, 1.54) is 18.2 Å². The molecule has 1 heterocycles. The van der Waals surface area contributed by atoms with E-state index in [-0.39, 0.29) is 0 Å². The highest BCUT2D eigenvalue weighted by Crippen LogP contribution is 2.15. The Morgan fingerprint density at radius 1 is 1.47 bits per heavy atom. The van der Waals surface area contributed by atoms with Gasteiger partial charge in [-0.25, -0.2) is 4.39 Å². The molecule has 0 saturated heterocycles. The molecule has 1 N–H and O–H groups in total. The Kier molecular flexibility index (Phi) is 3.79. The zero-order chi connectivity index (χ0) is 13.8. The highest BCUT2D eigenvalue weighted by atomic mass is 19.1. The van der Waals surface area contributed by atoms with Gasteiger partial charge in [0.05, 0.1) is 0 Å². The summed E-state index contributed by atoms with van der Waals surface area (Å²) in [6.45, 7) is 3.28. The lowest BCUT2D eigenvalue weighted by Gasteiger charge is -2.13. The van der Waals surface area contributed by atoms with Gasteiger partial charge in [0.15, 0.2) is 11.9 Å². The molecule has 0 fully saturated rings. The van der Waals surface area contributed by atoms with E-state index in [0.29, 0.717) is 17.3 Å². The highest BCUT2D eigenvalue weighted by Gasteiger charge is 2.16. The molecule has 1 aromatic carbocycles. The van der Waals surface area contributed by atoms with Crippen molar-refractivity contribution in [3.05, 3.63) is 41.9 Å². The van der Waals surface area contributed by atoms with Gasteiger partial charge < -0.3 is 14.6 Å². The maximum atomic E-state index is 13.0. The minimum Gasteiger partial charge on any atom is -0.481 e. The summed E-state index contributed by atoms with van der Waals surface area (Å²) < 4.78 is 23.1. The average Bonchev–Trinajstić information content (AvgIpc) is 2.74. The number of hydrogen-bond donors (Lipinski definition) is 1. The Morgan fingerprint density at radius 3 is 2.89 bits per heavy atom. The maximum absolute atomic E-state index is 13.0. The van der Waals surface area contributed by atoms with E-state index in [1.54, 1.807) is 26.0 Å². The molecule has 1 amide bonds. The van der Waals surface area contributed by atoms with Gasteiger partial charge in [-0.15, -0.1) is 0 Å². The third-order valence-electron chi connectivity index (χ3n) is 2.36. The van der Waals surface area contributed by atoms with E-state index in [9.17, 15) is 9.18 Å². The predicted molar refractivity (Wildman–Crippen MR) is 66.4 cm³/mol.